The summed E-state index contributed by atoms with van der Waals surface area (Å²) in [5, 5.41) is 7.55. The molecule has 1 aliphatic rings. The summed E-state index contributed by atoms with van der Waals surface area (Å²) >= 11 is 0. The summed E-state index contributed by atoms with van der Waals surface area (Å²) in [6.45, 7) is 7.48. The van der Waals surface area contributed by atoms with Gasteiger partial charge in [0.05, 0.1) is 6.04 Å². The van der Waals surface area contributed by atoms with Gasteiger partial charge in [0.25, 0.3) is 0 Å². The molecule has 2 aromatic rings. The van der Waals surface area contributed by atoms with Crippen LogP contribution in [0, 0.1) is 19.8 Å². The highest BCUT2D eigenvalue weighted by Gasteiger charge is 2.29. The number of nitrogens with one attached hydrogen (secondary N) is 1. The van der Waals surface area contributed by atoms with Gasteiger partial charge in [0, 0.05) is 6.42 Å². The first kappa shape index (κ1) is 13.3. The maximum absolute atomic E-state index is 5.43. The highest BCUT2D eigenvalue weighted by Crippen LogP contribution is 2.27. The molecule has 0 spiro atoms. The van der Waals surface area contributed by atoms with Gasteiger partial charge >= 0.3 is 0 Å². The Hall–Kier alpha value is -1.68. The fourth-order valence-corrected chi connectivity index (χ4v) is 2.98. The van der Waals surface area contributed by atoms with Gasteiger partial charge in [0.2, 0.25) is 5.89 Å². The standard InChI is InChI=1S/C16H21N3O/c1-10-6-11(2)8-13(7-10)9-14-18-16(20-19-14)15-12(3)4-5-17-15/h6-8,12,15,17H,4-5,9H2,1-3H3. The zero-order valence-corrected chi connectivity index (χ0v) is 12.3. The highest BCUT2D eigenvalue weighted by molar-refractivity contribution is 5.30. The number of rotatable bonds is 3. The van der Waals surface area contributed by atoms with E-state index in [2.05, 4.69) is 54.4 Å². The molecule has 3 rings (SSSR count). The smallest absolute Gasteiger partial charge is 0.244 e. The zero-order chi connectivity index (χ0) is 14.1. The van der Waals surface area contributed by atoms with Crippen molar-refractivity contribution in [3.05, 3.63) is 46.6 Å². The Morgan fingerprint density at radius 3 is 2.65 bits per heavy atom. The van der Waals surface area contributed by atoms with E-state index in [0.29, 0.717) is 5.92 Å². The van der Waals surface area contributed by atoms with Gasteiger partial charge in [-0.1, -0.05) is 41.4 Å². The Labute approximate surface area is 119 Å². The van der Waals surface area contributed by atoms with Crippen molar-refractivity contribution in [1.82, 2.24) is 15.5 Å². The first-order chi connectivity index (χ1) is 9.61. The van der Waals surface area contributed by atoms with E-state index >= 15 is 0 Å². The summed E-state index contributed by atoms with van der Waals surface area (Å²) in [5.74, 6) is 2.06. The Balaban J connectivity index is 1.77. The molecule has 4 nitrogen and oxygen atoms in total. The predicted molar refractivity (Wildman–Crippen MR) is 77.5 cm³/mol. The van der Waals surface area contributed by atoms with E-state index in [1.54, 1.807) is 0 Å². The van der Waals surface area contributed by atoms with Crippen LogP contribution in [0.5, 0.6) is 0 Å². The maximum Gasteiger partial charge on any atom is 0.244 e. The fraction of sp³-hybridized carbons (Fsp3) is 0.500. The number of benzene rings is 1. The van der Waals surface area contributed by atoms with Gasteiger partial charge in [-0.15, -0.1) is 0 Å². The van der Waals surface area contributed by atoms with Crippen LogP contribution >= 0.6 is 0 Å². The molecule has 2 heterocycles. The van der Waals surface area contributed by atoms with Crippen molar-refractivity contribution in [1.29, 1.82) is 0 Å². The van der Waals surface area contributed by atoms with Crippen molar-refractivity contribution in [2.75, 3.05) is 6.54 Å². The fourth-order valence-electron chi connectivity index (χ4n) is 2.98. The van der Waals surface area contributed by atoms with Crippen LogP contribution in [0.15, 0.2) is 22.7 Å². The number of aryl methyl sites for hydroxylation is 2. The van der Waals surface area contributed by atoms with Crippen LogP contribution in [-0.4, -0.2) is 16.7 Å². The van der Waals surface area contributed by atoms with Gasteiger partial charge < -0.3 is 9.84 Å². The largest absolute Gasteiger partial charge is 0.338 e. The Bertz CT molecular complexity index is 585. The van der Waals surface area contributed by atoms with Crippen LogP contribution in [0.25, 0.3) is 0 Å². The first-order valence-electron chi connectivity index (χ1n) is 7.25. The maximum atomic E-state index is 5.43. The molecule has 0 amide bonds. The molecule has 1 aromatic carbocycles. The second kappa shape index (κ2) is 5.37. The van der Waals surface area contributed by atoms with Crippen LogP contribution in [0.4, 0.5) is 0 Å². The molecule has 1 aromatic heterocycles. The minimum atomic E-state index is 0.218. The molecule has 0 aliphatic carbocycles. The van der Waals surface area contributed by atoms with Gasteiger partial charge in [-0.2, -0.15) is 4.98 Å². The van der Waals surface area contributed by atoms with Crippen molar-refractivity contribution in [3.63, 3.8) is 0 Å². The number of hydrogen-bond donors (Lipinski definition) is 1. The minimum Gasteiger partial charge on any atom is -0.338 e. The van der Waals surface area contributed by atoms with Crippen LogP contribution in [0.3, 0.4) is 0 Å². The first-order valence-corrected chi connectivity index (χ1v) is 7.25. The average molecular weight is 271 g/mol. The summed E-state index contributed by atoms with van der Waals surface area (Å²) in [7, 11) is 0. The Morgan fingerprint density at radius 1 is 1.25 bits per heavy atom. The van der Waals surface area contributed by atoms with E-state index < -0.39 is 0 Å². The summed E-state index contributed by atoms with van der Waals surface area (Å²) in [6.07, 6.45) is 1.90. The molecule has 0 bridgehead atoms. The minimum absolute atomic E-state index is 0.218. The van der Waals surface area contributed by atoms with Crippen molar-refractivity contribution < 1.29 is 4.52 Å². The monoisotopic (exact) mass is 271 g/mol. The molecular formula is C16H21N3O. The van der Waals surface area contributed by atoms with E-state index in [4.69, 9.17) is 4.52 Å². The SMILES string of the molecule is Cc1cc(C)cc(Cc2noc(C3NCCC3C)n2)c1. The quantitative estimate of drug-likeness (QED) is 0.932. The third-order valence-corrected chi connectivity index (χ3v) is 3.93. The lowest BCUT2D eigenvalue weighted by Crippen LogP contribution is -2.16. The van der Waals surface area contributed by atoms with Gasteiger partial charge in [-0.3, -0.25) is 0 Å². The second-order valence-electron chi connectivity index (χ2n) is 5.92. The van der Waals surface area contributed by atoms with Crippen molar-refractivity contribution >= 4 is 0 Å². The van der Waals surface area contributed by atoms with E-state index in [9.17, 15) is 0 Å². The highest BCUT2D eigenvalue weighted by atomic mass is 16.5. The summed E-state index contributed by atoms with van der Waals surface area (Å²) < 4.78 is 5.43. The third-order valence-electron chi connectivity index (χ3n) is 3.93. The Kier molecular flexibility index (Phi) is 3.57. The van der Waals surface area contributed by atoms with Crippen LogP contribution in [0.2, 0.25) is 0 Å². The molecule has 2 atom stereocenters. The molecule has 1 aliphatic heterocycles. The van der Waals surface area contributed by atoms with E-state index in [1.165, 1.54) is 23.1 Å². The number of nitrogens with zero attached hydrogens (tertiary/aromatic N) is 2. The topological polar surface area (TPSA) is 51.0 Å². The van der Waals surface area contributed by atoms with Crippen molar-refractivity contribution in [2.45, 2.75) is 39.7 Å². The van der Waals surface area contributed by atoms with Gasteiger partial charge in [0.15, 0.2) is 5.82 Å². The average Bonchev–Trinajstić information content (AvgIpc) is 2.96. The van der Waals surface area contributed by atoms with E-state index in [-0.39, 0.29) is 6.04 Å². The molecule has 1 fully saturated rings. The molecular weight excluding hydrogens is 250 g/mol. The van der Waals surface area contributed by atoms with Gasteiger partial charge in [-0.25, -0.2) is 0 Å². The summed E-state index contributed by atoms with van der Waals surface area (Å²) in [6, 6.07) is 6.75. The van der Waals surface area contributed by atoms with Crippen LogP contribution < -0.4 is 5.32 Å². The number of hydrogen-bond acceptors (Lipinski definition) is 4. The second-order valence-corrected chi connectivity index (χ2v) is 5.92. The van der Waals surface area contributed by atoms with Crippen LogP contribution in [-0.2, 0) is 6.42 Å². The molecule has 2 unspecified atom stereocenters. The molecule has 0 saturated carbocycles. The Morgan fingerprint density at radius 2 is 2.00 bits per heavy atom. The summed E-state index contributed by atoms with van der Waals surface area (Å²) in [4.78, 5) is 4.56. The normalized spacial score (nSPS) is 22.4. The third kappa shape index (κ3) is 2.75. The molecule has 106 valence electrons. The van der Waals surface area contributed by atoms with Crippen LogP contribution in [0.1, 0.15) is 47.8 Å². The number of aromatic nitrogens is 2. The van der Waals surface area contributed by atoms with Gasteiger partial charge in [0.1, 0.15) is 0 Å². The lowest BCUT2D eigenvalue weighted by molar-refractivity contribution is 0.317. The van der Waals surface area contributed by atoms with Crippen molar-refractivity contribution in [2.24, 2.45) is 5.92 Å². The zero-order valence-electron chi connectivity index (χ0n) is 12.3. The van der Waals surface area contributed by atoms with Gasteiger partial charge in [-0.05, 0) is 38.3 Å². The summed E-state index contributed by atoms with van der Waals surface area (Å²) in [5.41, 5.74) is 3.78. The molecule has 0 radical (unpaired) electrons. The van der Waals surface area contributed by atoms with E-state index in [0.717, 1.165) is 24.7 Å². The molecule has 1 N–H and O–H groups in total. The lowest BCUT2D eigenvalue weighted by Gasteiger charge is -2.09. The van der Waals surface area contributed by atoms with E-state index in [1.807, 2.05) is 0 Å². The molecule has 4 heteroatoms. The van der Waals surface area contributed by atoms with Crippen molar-refractivity contribution in [3.8, 4) is 0 Å². The predicted octanol–water partition coefficient (Wildman–Crippen LogP) is 2.95. The molecule has 20 heavy (non-hydrogen) atoms. The molecule has 1 saturated heterocycles. The lowest BCUT2D eigenvalue weighted by atomic mass is 10.0.